The SMILES string of the molecule is CCC/C=C/C1=C(CCCCCCCC(=O)OC)C(=O)CC1. The molecular weight excluding hydrogens is 276 g/mol. The Bertz CT molecular complexity index is 418. The Hall–Kier alpha value is -1.38. The Balaban J connectivity index is 2.22. The Morgan fingerprint density at radius 1 is 1.14 bits per heavy atom. The molecule has 22 heavy (non-hydrogen) atoms. The van der Waals surface area contributed by atoms with Crippen LogP contribution < -0.4 is 0 Å². The molecule has 1 rings (SSSR count). The number of hydrogen-bond donors (Lipinski definition) is 0. The van der Waals surface area contributed by atoms with Crippen molar-refractivity contribution in [1.29, 1.82) is 0 Å². The zero-order valence-corrected chi connectivity index (χ0v) is 14.2. The first-order valence-electron chi connectivity index (χ1n) is 8.67. The number of carbonyl (C=O) groups is 2. The summed E-state index contributed by atoms with van der Waals surface area (Å²) in [5.74, 6) is 0.229. The Kier molecular flexibility index (Phi) is 9.52. The summed E-state index contributed by atoms with van der Waals surface area (Å²) < 4.78 is 4.62. The fourth-order valence-electron chi connectivity index (χ4n) is 2.81. The zero-order valence-electron chi connectivity index (χ0n) is 14.2. The number of ether oxygens (including phenoxy) is 1. The Labute approximate surface area is 134 Å². The van der Waals surface area contributed by atoms with Crippen LogP contribution >= 0.6 is 0 Å². The summed E-state index contributed by atoms with van der Waals surface area (Å²) in [5.41, 5.74) is 2.34. The average molecular weight is 306 g/mol. The molecule has 0 aromatic heterocycles. The first kappa shape index (κ1) is 18.7. The van der Waals surface area contributed by atoms with Gasteiger partial charge in [-0.15, -0.1) is 0 Å². The van der Waals surface area contributed by atoms with Gasteiger partial charge in [-0.3, -0.25) is 9.59 Å². The standard InChI is InChI=1S/C19H30O3/c1-3-4-8-11-16-14-15-18(20)17(16)12-9-6-5-7-10-13-19(21)22-2/h8,11H,3-7,9-10,12-15H2,1-2H3/b11-8+. The van der Waals surface area contributed by atoms with Crippen LogP contribution in [-0.4, -0.2) is 18.9 Å². The van der Waals surface area contributed by atoms with E-state index in [-0.39, 0.29) is 5.97 Å². The summed E-state index contributed by atoms with van der Waals surface area (Å²) in [5, 5.41) is 0. The molecule has 124 valence electrons. The highest BCUT2D eigenvalue weighted by atomic mass is 16.5. The van der Waals surface area contributed by atoms with Crippen LogP contribution in [0.25, 0.3) is 0 Å². The largest absolute Gasteiger partial charge is 0.469 e. The van der Waals surface area contributed by atoms with Crippen LogP contribution in [0.1, 0.15) is 77.6 Å². The maximum absolute atomic E-state index is 11.9. The van der Waals surface area contributed by atoms with Crippen LogP contribution in [-0.2, 0) is 14.3 Å². The summed E-state index contributed by atoms with van der Waals surface area (Å²) in [6.07, 6.45) is 14.9. The Morgan fingerprint density at radius 2 is 1.86 bits per heavy atom. The second-order valence-electron chi connectivity index (χ2n) is 5.96. The van der Waals surface area contributed by atoms with Crippen molar-refractivity contribution in [3.05, 3.63) is 23.3 Å². The summed E-state index contributed by atoms with van der Waals surface area (Å²) in [6, 6.07) is 0. The summed E-state index contributed by atoms with van der Waals surface area (Å²) >= 11 is 0. The van der Waals surface area contributed by atoms with E-state index < -0.39 is 0 Å². The van der Waals surface area contributed by atoms with Gasteiger partial charge in [0.25, 0.3) is 0 Å². The minimum atomic E-state index is -0.120. The quantitative estimate of drug-likeness (QED) is 0.402. The lowest BCUT2D eigenvalue weighted by Gasteiger charge is -2.04. The molecule has 0 bridgehead atoms. The van der Waals surface area contributed by atoms with Crippen LogP contribution in [0.15, 0.2) is 23.3 Å². The van der Waals surface area contributed by atoms with Gasteiger partial charge in [0.05, 0.1) is 7.11 Å². The van der Waals surface area contributed by atoms with E-state index >= 15 is 0 Å². The third-order valence-corrected chi connectivity index (χ3v) is 4.16. The van der Waals surface area contributed by atoms with Gasteiger partial charge in [0.1, 0.15) is 0 Å². The summed E-state index contributed by atoms with van der Waals surface area (Å²) in [7, 11) is 1.43. The van der Waals surface area contributed by atoms with Gasteiger partial charge in [-0.25, -0.2) is 0 Å². The van der Waals surface area contributed by atoms with E-state index in [1.807, 2.05) is 0 Å². The molecule has 0 saturated carbocycles. The monoisotopic (exact) mass is 306 g/mol. The van der Waals surface area contributed by atoms with Crippen molar-refractivity contribution >= 4 is 11.8 Å². The third kappa shape index (κ3) is 7.06. The van der Waals surface area contributed by atoms with Gasteiger partial charge in [-0.2, -0.15) is 0 Å². The van der Waals surface area contributed by atoms with Crippen LogP contribution in [0.4, 0.5) is 0 Å². The van der Waals surface area contributed by atoms with Gasteiger partial charge in [-0.05, 0) is 43.3 Å². The van der Waals surface area contributed by atoms with E-state index in [4.69, 9.17) is 0 Å². The third-order valence-electron chi connectivity index (χ3n) is 4.16. The number of unbranched alkanes of at least 4 members (excludes halogenated alkanes) is 5. The van der Waals surface area contributed by atoms with Crippen molar-refractivity contribution in [2.45, 2.75) is 77.6 Å². The molecule has 0 aromatic rings. The normalized spacial score (nSPS) is 15.1. The van der Waals surface area contributed by atoms with Crippen LogP contribution in [0.2, 0.25) is 0 Å². The van der Waals surface area contributed by atoms with Crippen molar-refractivity contribution in [3.8, 4) is 0 Å². The predicted molar refractivity (Wildman–Crippen MR) is 89.7 cm³/mol. The molecule has 0 fully saturated rings. The predicted octanol–water partition coefficient (Wildman–Crippen LogP) is 4.91. The van der Waals surface area contributed by atoms with E-state index in [1.54, 1.807) is 0 Å². The van der Waals surface area contributed by atoms with E-state index in [1.165, 1.54) is 12.7 Å². The second-order valence-corrected chi connectivity index (χ2v) is 5.96. The molecule has 0 atom stereocenters. The van der Waals surface area contributed by atoms with Gasteiger partial charge >= 0.3 is 5.97 Å². The Morgan fingerprint density at radius 3 is 2.59 bits per heavy atom. The van der Waals surface area contributed by atoms with E-state index in [2.05, 4.69) is 23.8 Å². The maximum Gasteiger partial charge on any atom is 0.305 e. The lowest BCUT2D eigenvalue weighted by atomic mass is 10.0. The number of hydrogen-bond acceptors (Lipinski definition) is 3. The highest BCUT2D eigenvalue weighted by molar-refractivity contribution is 5.99. The van der Waals surface area contributed by atoms with E-state index in [0.717, 1.165) is 63.4 Å². The van der Waals surface area contributed by atoms with Crippen molar-refractivity contribution in [1.82, 2.24) is 0 Å². The molecule has 0 N–H and O–H groups in total. The molecule has 0 heterocycles. The van der Waals surface area contributed by atoms with Crippen molar-refractivity contribution < 1.29 is 14.3 Å². The molecule has 0 aliphatic heterocycles. The lowest BCUT2D eigenvalue weighted by Crippen LogP contribution is -1.99. The summed E-state index contributed by atoms with van der Waals surface area (Å²) in [4.78, 5) is 22.9. The number of allylic oxidation sites excluding steroid dienone is 4. The number of methoxy groups -OCH3 is 1. The van der Waals surface area contributed by atoms with Crippen LogP contribution in [0.3, 0.4) is 0 Å². The van der Waals surface area contributed by atoms with Gasteiger partial charge < -0.3 is 4.74 Å². The number of esters is 1. The van der Waals surface area contributed by atoms with Gasteiger partial charge in [0, 0.05) is 12.8 Å². The molecule has 0 saturated heterocycles. The number of ketones is 1. The summed E-state index contributed by atoms with van der Waals surface area (Å²) in [6.45, 7) is 2.17. The molecule has 0 radical (unpaired) electrons. The highest BCUT2D eigenvalue weighted by Crippen LogP contribution is 2.28. The molecule has 0 unspecified atom stereocenters. The van der Waals surface area contributed by atoms with Gasteiger partial charge in [-0.1, -0.05) is 44.8 Å². The molecule has 1 aliphatic carbocycles. The van der Waals surface area contributed by atoms with E-state index in [9.17, 15) is 9.59 Å². The van der Waals surface area contributed by atoms with Crippen LogP contribution in [0, 0.1) is 0 Å². The van der Waals surface area contributed by atoms with Gasteiger partial charge in [0.2, 0.25) is 0 Å². The highest BCUT2D eigenvalue weighted by Gasteiger charge is 2.20. The number of Topliss-reactive ketones (excluding diaryl/α,β-unsaturated/α-hetero) is 1. The fourth-order valence-corrected chi connectivity index (χ4v) is 2.81. The number of carbonyl (C=O) groups excluding carboxylic acids is 2. The molecular formula is C19H30O3. The van der Waals surface area contributed by atoms with Gasteiger partial charge in [0.15, 0.2) is 5.78 Å². The smallest absolute Gasteiger partial charge is 0.305 e. The molecule has 1 aliphatic rings. The molecule has 0 aromatic carbocycles. The second kappa shape index (κ2) is 11.2. The molecule has 3 nitrogen and oxygen atoms in total. The number of rotatable bonds is 11. The first-order valence-corrected chi connectivity index (χ1v) is 8.67. The zero-order chi connectivity index (χ0) is 16.2. The fraction of sp³-hybridized carbons (Fsp3) is 0.684. The lowest BCUT2D eigenvalue weighted by molar-refractivity contribution is -0.140. The van der Waals surface area contributed by atoms with Crippen molar-refractivity contribution in [2.75, 3.05) is 7.11 Å². The van der Waals surface area contributed by atoms with E-state index in [0.29, 0.717) is 18.6 Å². The topological polar surface area (TPSA) is 43.4 Å². The molecule has 0 amide bonds. The minimum absolute atomic E-state index is 0.120. The van der Waals surface area contributed by atoms with Crippen molar-refractivity contribution in [3.63, 3.8) is 0 Å². The minimum Gasteiger partial charge on any atom is -0.469 e. The molecule has 3 heteroatoms. The maximum atomic E-state index is 11.9. The first-order chi connectivity index (χ1) is 10.7. The van der Waals surface area contributed by atoms with Crippen LogP contribution in [0.5, 0.6) is 0 Å². The average Bonchev–Trinajstić information content (AvgIpc) is 2.87. The molecule has 0 spiro atoms. The van der Waals surface area contributed by atoms with Crippen molar-refractivity contribution in [2.24, 2.45) is 0 Å².